The van der Waals surface area contributed by atoms with Gasteiger partial charge in [-0.25, -0.2) is 13.8 Å². The Hall–Kier alpha value is -4.25. The molecule has 0 saturated heterocycles. The van der Waals surface area contributed by atoms with E-state index >= 15 is 0 Å². The first-order chi connectivity index (χ1) is 17.3. The molecule has 0 aliphatic rings. The van der Waals surface area contributed by atoms with E-state index in [4.69, 9.17) is 14.2 Å². The van der Waals surface area contributed by atoms with Crippen molar-refractivity contribution in [3.8, 4) is 23.0 Å². The van der Waals surface area contributed by atoms with Crippen molar-refractivity contribution in [2.45, 2.75) is 11.8 Å². The Bertz CT molecular complexity index is 1330. The number of benzene rings is 3. The summed E-state index contributed by atoms with van der Waals surface area (Å²) in [6.45, 7) is 1.63. The molecule has 1 amide bonds. The minimum atomic E-state index is -4.16. The lowest BCUT2D eigenvalue weighted by atomic mass is 10.2. The minimum absolute atomic E-state index is 0.0168. The van der Waals surface area contributed by atoms with E-state index in [9.17, 15) is 18.3 Å². The molecule has 0 saturated carbocycles. The van der Waals surface area contributed by atoms with Gasteiger partial charge >= 0.3 is 0 Å². The van der Waals surface area contributed by atoms with Gasteiger partial charge < -0.3 is 19.3 Å². The van der Waals surface area contributed by atoms with Gasteiger partial charge in [0.15, 0.2) is 23.0 Å². The van der Waals surface area contributed by atoms with Gasteiger partial charge in [0.1, 0.15) is 6.54 Å². The zero-order valence-electron chi connectivity index (χ0n) is 20.0. The third-order valence-corrected chi connectivity index (χ3v) is 6.73. The van der Waals surface area contributed by atoms with Gasteiger partial charge in [0, 0.05) is 6.07 Å². The molecule has 3 aromatic carbocycles. The maximum atomic E-state index is 13.5. The maximum Gasteiger partial charge on any atom is 0.264 e. The van der Waals surface area contributed by atoms with E-state index < -0.39 is 22.5 Å². The molecule has 0 unspecified atom stereocenters. The monoisotopic (exact) mass is 513 g/mol. The van der Waals surface area contributed by atoms with Crippen LogP contribution in [0, 0.1) is 0 Å². The van der Waals surface area contributed by atoms with E-state index in [1.165, 1.54) is 44.7 Å². The van der Waals surface area contributed by atoms with Crippen molar-refractivity contribution in [3.05, 3.63) is 72.3 Å². The van der Waals surface area contributed by atoms with Crippen LogP contribution in [0.25, 0.3) is 0 Å². The first-order valence-electron chi connectivity index (χ1n) is 10.9. The van der Waals surface area contributed by atoms with E-state index in [-0.39, 0.29) is 22.1 Å². The molecule has 10 nitrogen and oxygen atoms in total. The van der Waals surface area contributed by atoms with Gasteiger partial charge in [0.05, 0.1) is 37.6 Å². The normalized spacial score (nSPS) is 11.2. The average Bonchev–Trinajstić information content (AvgIpc) is 2.89. The number of anilines is 1. The quantitative estimate of drug-likeness (QED) is 0.298. The van der Waals surface area contributed by atoms with Crippen molar-refractivity contribution in [1.82, 2.24) is 5.43 Å². The number of phenols is 1. The largest absolute Gasteiger partial charge is 0.504 e. The van der Waals surface area contributed by atoms with Gasteiger partial charge in [-0.05, 0) is 55.0 Å². The number of rotatable bonds is 11. The third kappa shape index (κ3) is 6.25. The molecule has 0 spiro atoms. The number of methoxy groups -OCH3 is 2. The number of ether oxygens (including phenoxy) is 3. The Morgan fingerprint density at radius 3 is 2.39 bits per heavy atom. The summed E-state index contributed by atoms with van der Waals surface area (Å²) in [5.74, 6) is 0.210. The number of nitrogens with one attached hydrogen (secondary N) is 1. The molecule has 0 atom stereocenters. The highest BCUT2D eigenvalue weighted by Crippen LogP contribution is 2.32. The molecule has 3 aromatic rings. The number of aromatic hydroxyl groups is 1. The summed E-state index contributed by atoms with van der Waals surface area (Å²) in [4.78, 5) is 12.6. The summed E-state index contributed by atoms with van der Waals surface area (Å²) in [5, 5.41) is 13.7. The van der Waals surface area contributed by atoms with E-state index in [2.05, 4.69) is 10.5 Å². The molecule has 3 rings (SSSR count). The first-order valence-corrected chi connectivity index (χ1v) is 12.3. The fourth-order valence-electron chi connectivity index (χ4n) is 3.24. The lowest BCUT2D eigenvalue weighted by molar-refractivity contribution is -0.119. The van der Waals surface area contributed by atoms with Crippen LogP contribution in [0.5, 0.6) is 23.0 Å². The number of phenolic OH excluding ortho intramolecular Hbond substituents is 1. The molecule has 0 aliphatic heterocycles. The fraction of sp³-hybridized carbons (Fsp3) is 0.200. The van der Waals surface area contributed by atoms with E-state index in [1.54, 1.807) is 49.4 Å². The highest BCUT2D eigenvalue weighted by atomic mass is 32.2. The second-order valence-electron chi connectivity index (χ2n) is 7.32. The van der Waals surface area contributed by atoms with Gasteiger partial charge in [0.25, 0.3) is 15.9 Å². The van der Waals surface area contributed by atoms with Crippen LogP contribution in [0.2, 0.25) is 0 Å². The molecule has 0 heterocycles. The van der Waals surface area contributed by atoms with Crippen LogP contribution in [0.3, 0.4) is 0 Å². The summed E-state index contributed by atoms with van der Waals surface area (Å²) in [6.07, 6.45) is 1.36. The minimum Gasteiger partial charge on any atom is -0.504 e. The van der Waals surface area contributed by atoms with Crippen LogP contribution >= 0.6 is 0 Å². The summed E-state index contributed by atoms with van der Waals surface area (Å²) in [7, 11) is -1.31. The molecule has 0 fully saturated rings. The molecule has 0 radical (unpaired) electrons. The van der Waals surface area contributed by atoms with E-state index in [0.29, 0.717) is 23.6 Å². The Kier molecular flexibility index (Phi) is 8.74. The van der Waals surface area contributed by atoms with E-state index in [0.717, 1.165) is 4.31 Å². The molecular formula is C25H27N3O7S. The van der Waals surface area contributed by atoms with Crippen LogP contribution in [0.1, 0.15) is 12.5 Å². The smallest absolute Gasteiger partial charge is 0.264 e. The van der Waals surface area contributed by atoms with Crippen molar-refractivity contribution >= 4 is 27.8 Å². The van der Waals surface area contributed by atoms with Crippen molar-refractivity contribution in [3.63, 3.8) is 0 Å². The van der Waals surface area contributed by atoms with Gasteiger partial charge in [-0.2, -0.15) is 5.10 Å². The lowest BCUT2D eigenvalue weighted by Crippen LogP contribution is -2.39. The van der Waals surface area contributed by atoms with Crippen molar-refractivity contribution in [2.24, 2.45) is 5.10 Å². The first kappa shape index (κ1) is 26.4. The second kappa shape index (κ2) is 11.9. The second-order valence-corrected chi connectivity index (χ2v) is 9.18. The number of sulfonamides is 1. The standard InChI is InChI=1S/C25H27N3O7S/c1-4-35-23-14-18(10-12-21(23)29)16-26-27-25(30)17-28(19-8-6-5-7-9-19)36(31,32)20-11-13-22(33-2)24(15-20)34-3/h5-16,29H,4,17H2,1-3H3,(H,27,30)/b26-16-. The number of para-hydroxylation sites is 1. The zero-order valence-corrected chi connectivity index (χ0v) is 20.9. The molecule has 11 heteroatoms. The predicted octanol–water partition coefficient (Wildman–Crippen LogP) is 3.15. The number of hydrazone groups is 1. The molecule has 190 valence electrons. The fourth-order valence-corrected chi connectivity index (χ4v) is 4.68. The van der Waals surface area contributed by atoms with Crippen LogP contribution in [0.15, 0.2) is 76.7 Å². The molecule has 36 heavy (non-hydrogen) atoms. The molecule has 2 N–H and O–H groups in total. The predicted molar refractivity (Wildman–Crippen MR) is 136 cm³/mol. The Labute approximate surface area is 209 Å². The van der Waals surface area contributed by atoms with Crippen LogP contribution in [-0.2, 0) is 14.8 Å². The number of hydrogen-bond acceptors (Lipinski definition) is 8. The number of carbonyl (C=O) groups is 1. The lowest BCUT2D eigenvalue weighted by Gasteiger charge is -2.24. The van der Waals surface area contributed by atoms with Crippen LogP contribution in [-0.4, -0.2) is 53.0 Å². The summed E-state index contributed by atoms with van der Waals surface area (Å²) in [6, 6.07) is 17.0. The number of carbonyl (C=O) groups excluding carboxylic acids is 1. The molecule has 0 aliphatic carbocycles. The number of hydrogen-bond donors (Lipinski definition) is 2. The Morgan fingerprint density at radius 2 is 1.72 bits per heavy atom. The summed E-state index contributed by atoms with van der Waals surface area (Å²) >= 11 is 0. The van der Waals surface area contributed by atoms with Crippen LogP contribution < -0.4 is 23.9 Å². The van der Waals surface area contributed by atoms with Crippen molar-refractivity contribution in [1.29, 1.82) is 0 Å². The number of nitrogens with zero attached hydrogens (tertiary/aromatic N) is 2. The van der Waals surface area contributed by atoms with Crippen molar-refractivity contribution in [2.75, 3.05) is 31.7 Å². The Morgan fingerprint density at radius 1 is 1.00 bits per heavy atom. The maximum absolute atomic E-state index is 13.5. The highest BCUT2D eigenvalue weighted by molar-refractivity contribution is 7.92. The Balaban J connectivity index is 1.83. The van der Waals surface area contributed by atoms with Gasteiger partial charge in [-0.3, -0.25) is 9.10 Å². The van der Waals surface area contributed by atoms with Crippen LogP contribution in [0.4, 0.5) is 5.69 Å². The highest BCUT2D eigenvalue weighted by Gasteiger charge is 2.28. The number of amides is 1. The SMILES string of the molecule is CCOc1cc(/C=N\NC(=O)CN(c2ccccc2)S(=O)(=O)c2ccc(OC)c(OC)c2)ccc1O. The molecule has 0 aromatic heterocycles. The van der Waals surface area contributed by atoms with E-state index in [1.807, 2.05) is 0 Å². The van der Waals surface area contributed by atoms with Gasteiger partial charge in [-0.1, -0.05) is 18.2 Å². The van der Waals surface area contributed by atoms with Gasteiger partial charge in [-0.15, -0.1) is 0 Å². The van der Waals surface area contributed by atoms with Crippen molar-refractivity contribution < 1.29 is 32.5 Å². The molecule has 0 bridgehead atoms. The van der Waals surface area contributed by atoms with Gasteiger partial charge in [0.2, 0.25) is 0 Å². The summed E-state index contributed by atoms with van der Waals surface area (Å²) < 4.78 is 43.8. The topological polar surface area (TPSA) is 127 Å². The molecular weight excluding hydrogens is 486 g/mol. The third-order valence-electron chi connectivity index (χ3n) is 4.96. The zero-order chi connectivity index (χ0) is 26.1. The average molecular weight is 514 g/mol. The summed E-state index contributed by atoms with van der Waals surface area (Å²) in [5.41, 5.74) is 3.20.